The molecule has 1 aromatic heterocycles. The molecule has 0 bridgehead atoms. The highest BCUT2D eigenvalue weighted by Gasteiger charge is 2.23. The molecular formula is C23H22N4O2S. The van der Waals surface area contributed by atoms with Crippen molar-refractivity contribution >= 4 is 40.8 Å². The van der Waals surface area contributed by atoms with Gasteiger partial charge in [0.2, 0.25) is 0 Å². The molecule has 152 valence electrons. The number of nitrogens with zero attached hydrogens (tertiary/aromatic N) is 2. The highest BCUT2D eigenvalue weighted by atomic mass is 32.2. The Bertz CT molecular complexity index is 1120. The lowest BCUT2D eigenvalue weighted by atomic mass is 10.1. The SMILES string of the molecule is Cc1ccc(C)c(NC(=O)c2cccc(NC(=O)N3CCSc4ncccc43)c2)c1. The van der Waals surface area contributed by atoms with Crippen LogP contribution in [0.1, 0.15) is 21.5 Å². The summed E-state index contributed by atoms with van der Waals surface area (Å²) in [6.07, 6.45) is 1.73. The standard InChI is InChI=1S/C23H22N4O2S/c1-15-8-9-16(2)19(13-15)26-21(28)17-5-3-6-18(14-17)25-23(29)27-11-12-30-22-20(27)7-4-10-24-22/h3-10,13-14H,11-12H2,1-2H3,(H,25,29)(H,26,28). The van der Waals surface area contributed by atoms with Gasteiger partial charge >= 0.3 is 6.03 Å². The lowest BCUT2D eigenvalue weighted by Gasteiger charge is -2.28. The van der Waals surface area contributed by atoms with E-state index in [1.54, 1.807) is 47.1 Å². The van der Waals surface area contributed by atoms with Crippen molar-refractivity contribution in [2.24, 2.45) is 0 Å². The number of benzene rings is 2. The molecule has 6 nitrogen and oxygen atoms in total. The maximum Gasteiger partial charge on any atom is 0.326 e. The summed E-state index contributed by atoms with van der Waals surface area (Å²) in [4.78, 5) is 31.6. The van der Waals surface area contributed by atoms with E-state index in [1.165, 1.54) is 0 Å². The first-order valence-electron chi connectivity index (χ1n) is 9.66. The molecule has 0 fully saturated rings. The van der Waals surface area contributed by atoms with Crippen molar-refractivity contribution in [3.8, 4) is 0 Å². The number of thioether (sulfide) groups is 1. The van der Waals surface area contributed by atoms with Gasteiger partial charge in [-0.3, -0.25) is 9.69 Å². The minimum atomic E-state index is -0.239. The smallest absolute Gasteiger partial charge is 0.322 e. The Morgan fingerprint density at radius 3 is 2.77 bits per heavy atom. The van der Waals surface area contributed by atoms with E-state index in [2.05, 4.69) is 15.6 Å². The summed E-state index contributed by atoms with van der Waals surface area (Å²) in [5, 5.41) is 6.70. The van der Waals surface area contributed by atoms with Crippen LogP contribution >= 0.6 is 11.8 Å². The van der Waals surface area contributed by atoms with Crippen LogP contribution in [-0.4, -0.2) is 29.2 Å². The van der Waals surface area contributed by atoms with Crippen molar-refractivity contribution in [1.82, 2.24) is 4.98 Å². The van der Waals surface area contributed by atoms with Crippen LogP contribution in [0.15, 0.2) is 65.8 Å². The molecule has 0 atom stereocenters. The number of pyridine rings is 1. The molecule has 1 aliphatic heterocycles. The lowest BCUT2D eigenvalue weighted by Crippen LogP contribution is -2.38. The summed E-state index contributed by atoms with van der Waals surface area (Å²) in [5.74, 6) is 0.569. The number of anilines is 3. The number of hydrogen-bond acceptors (Lipinski definition) is 4. The van der Waals surface area contributed by atoms with E-state index in [9.17, 15) is 9.59 Å². The van der Waals surface area contributed by atoms with Gasteiger partial charge in [-0.1, -0.05) is 18.2 Å². The van der Waals surface area contributed by atoms with Crippen LogP contribution in [0.25, 0.3) is 0 Å². The zero-order valence-electron chi connectivity index (χ0n) is 16.8. The number of carbonyl (C=O) groups excluding carboxylic acids is 2. The molecule has 3 amide bonds. The minimum absolute atomic E-state index is 0.219. The molecule has 2 aromatic carbocycles. The van der Waals surface area contributed by atoms with Crippen molar-refractivity contribution in [3.63, 3.8) is 0 Å². The average molecular weight is 419 g/mol. The number of nitrogens with one attached hydrogen (secondary N) is 2. The Hall–Kier alpha value is -3.32. The van der Waals surface area contributed by atoms with Crippen LogP contribution in [0.2, 0.25) is 0 Å². The number of urea groups is 1. The van der Waals surface area contributed by atoms with E-state index >= 15 is 0 Å². The maximum atomic E-state index is 12.9. The van der Waals surface area contributed by atoms with Crippen LogP contribution in [-0.2, 0) is 0 Å². The second-order valence-corrected chi connectivity index (χ2v) is 8.19. The van der Waals surface area contributed by atoms with E-state index < -0.39 is 0 Å². The fourth-order valence-corrected chi connectivity index (χ4v) is 4.19. The Morgan fingerprint density at radius 1 is 1.03 bits per heavy atom. The predicted octanol–water partition coefficient (Wildman–Crippen LogP) is 5.09. The second-order valence-electron chi connectivity index (χ2n) is 7.11. The van der Waals surface area contributed by atoms with Crippen LogP contribution in [0.4, 0.5) is 21.9 Å². The molecular weight excluding hydrogens is 396 g/mol. The number of aromatic nitrogens is 1. The van der Waals surface area contributed by atoms with Gasteiger partial charge in [0.15, 0.2) is 0 Å². The zero-order valence-corrected chi connectivity index (χ0v) is 17.6. The van der Waals surface area contributed by atoms with Gasteiger partial charge < -0.3 is 10.6 Å². The third kappa shape index (κ3) is 4.31. The average Bonchev–Trinajstić information content (AvgIpc) is 2.76. The number of rotatable bonds is 3. The Kier molecular flexibility index (Phi) is 5.72. The molecule has 3 aromatic rings. The van der Waals surface area contributed by atoms with E-state index in [0.717, 1.165) is 33.3 Å². The molecule has 4 rings (SSSR count). The fraction of sp³-hybridized carbons (Fsp3) is 0.174. The van der Waals surface area contributed by atoms with Crippen LogP contribution in [0.3, 0.4) is 0 Å². The van der Waals surface area contributed by atoms with E-state index in [4.69, 9.17) is 0 Å². The van der Waals surface area contributed by atoms with Crippen LogP contribution in [0, 0.1) is 13.8 Å². The molecule has 0 spiro atoms. The molecule has 30 heavy (non-hydrogen) atoms. The Labute approximate surface area is 179 Å². The van der Waals surface area contributed by atoms with Gasteiger partial charge in [0.25, 0.3) is 5.91 Å². The van der Waals surface area contributed by atoms with Crippen LogP contribution < -0.4 is 15.5 Å². The minimum Gasteiger partial charge on any atom is -0.322 e. The summed E-state index contributed by atoms with van der Waals surface area (Å²) in [7, 11) is 0. The van der Waals surface area contributed by atoms with Gasteiger partial charge in [0.05, 0.1) is 5.69 Å². The second kappa shape index (κ2) is 8.59. The highest BCUT2D eigenvalue weighted by Crippen LogP contribution is 2.32. The summed E-state index contributed by atoms with van der Waals surface area (Å²) < 4.78 is 0. The first kappa shape index (κ1) is 20.0. The maximum absolute atomic E-state index is 12.9. The molecule has 7 heteroatoms. The van der Waals surface area contributed by atoms with Crippen molar-refractivity contribution in [3.05, 3.63) is 77.5 Å². The molecule has 0 saturated carbocycles. The number of amides is 3. The molecule has 2 heterocycles. The number of fused-ring (bicyclic) bond motifs is 1. The number of hydrogen-bond donors (Lipinski definition) is 2. The molecule has 2 N–H and O–H groups in total. The summed E-state index contributed by atoms with van der Waals surface area (Å²) in [5.41, 5.74) is 4.70. The van der Waals surface area contributed by atoms with Crippen molar-refractivity contribution in [1.29, 1.82) is 0 Å². The molecule has 0 radical (unpaired) electrons. The molecule has 0 saturated heterocycles. The van der Waals surface area contributed by atoms with Gasteiger partial charge in [-0.2, -0.15) is 0 Å². The van der Waals surface area contributed by atoms with E-state index in [1.807, 2.05) is 44.2 Å². The largest absolute Gasteiger partial charge is 0.326 e. The first-order chi connectivity index (χ1) is 14.5. The monoisotopic (exact) mass is 418 g/mol. The van der Waals surface area contributed by atoms with Crippen molar-refractivity contribution in [2.45, 2.75) is 18.9 Å². The van der Waals surface area contributed by atoms with E-state index in [0.29, 0.717) is 17.8 Å². The van der Waals surface area contributed by atoms with E-state index in [-0.39, 0.29) is 11.9 Å². The topological polar surface area (TPSA) is 74.3 Å². The van der Waals surface area contributed by atoms with Crippen molar-refractivity contribution < 1.29 is 9.59 Å². The Balaban J connectivity index is 1.49. The summed E-state index contributed by atoms with van der Waals surface area (Å²) in [6.45, 7) is 4.54. The van der Waals surface area contributed by atoms with Gasteiger partial charge in [-0.25, -0.2) is 9.78 Å². The molecule has 0 unspecified atom stereocenters. The third-order valence-corrected chi connectivity index (χ3v) is 5.83. The van der Waals surface area contributed by atoms with Gasteiger partial charge in [0.1, 0.15) is 5.03 Å². The van der Waals surface area contributed by atoms with Crippen LogP contribution in [0.5, 0.6) is 0 Å². The van der Waals surface area contributed by atoms with Crippen molar-refractivity contribution in [2.75, 3.05) is 27.8 Å². The quantitative estimate of drug-likeness (QED) is 0.621. The predicted molar refractivity (Wildman–Crippen MR) is 122 cm³/mol. The summed E-state index contributed by atoms with van der Waals surface area (Å²) >= 11 is 1.64. The van der Waals surface area contributed by atoms with Gasteiger partial charge in [-0.15, -0.1) is 11.8 Å². The fourth-order valence-electron chi connectivity index (χ4n) is 3.26. The van der Waals surface area contributed by atoms with Gasteiger partial charge in [0, 0.05) is 35.4 Å². The highest BCUT2D eigenvalue weighted by molar-refractivity contribution is 7.99. The lowest BCUT2D eigenvalue weighted by molar-refractivity contribution is 0.102. The first-order valence-corrected chi connectivity index (χ1v) is 10.6. The number of carbonyl (C=O) groups is 2. The molecule has 1 aliphatic rings. The Morgan fingerprint density at radius 2 is 1.90 bits per heavy atom. The summed E-state index contributed by atoms with van der Waals surface area (Å²) in [6, 6.07) is 16.3. The third-order valence-electron chi connectivity index (χ3n) is 4.86. The van der Waals surface area contributed by atoms with Gasteiger partial charge in [-0.05, 0) is 61.4 Å². The normalized spacial score (nSPS) is 12.8. The zero-order chi connectivity index (χ0) is 21.1. The molecule has 0 aliphatic carbocycles. The number of aryl methyl sites for hydroxylation is 2.